The summed E-state index contributed by atoms with van der Waals surface area (Å²) in [6.07, 6.45) is 0.736. The number of nitrogens with zero attached hydrogens (tertiary/aromatic N) is 1. The van der Waals surface area contributed by atoms with Gasteiger partial charge in [-0.25, -0.2) is 0 Å². The summed E-state index contributed by atoms with van der Waals surface area (Å²) in [5, 5.41) is 0. The van der Waals surface area contributed by atoms with Crippen molar-refractivity contribution >= 4 is 11.6 Å². The van der Waals surface area contributed by atoms with Crippen LogP contribution in [0.25, 0.3) is 0 Å². The lowest BCUT2D eigenvalue weighted by molar-refractivity contribution is -0.119. The number of fused-ring (bicyclic) bond motifs is 1. The molecular formula is C11H14N2O. The Bertz CT molecular complexity index is 362. The Morgan fingerprint density at radius 1 is 1.43 bits per heavy atom. The molecule has 0 aliphatic carbocycles. The molecule has 3 nitrogen and oxygen atoms in total. The van der Waals surface area contributed by atoms with Crippen LogP contribution in [-0.4, -0.2) is 19.5 Å². The van der Waals surface area contributed by atoms with Crippen molar-refractivity contribution in [2.24, 2.45) is 5.73 Å². The van der Waals surface area contributed by atoms with Gasteiger partial charge >= 0.3 is 0 Å². The highest BCUT2D eigenvalue weighted by atomic mass is 16.2. The third-order valence-corrected chi connectivity index (χ3v) is 2.76. The lowest BCUT2D eigenvalue weighted by atomic mass is 9.97. The van der Waals surface area contributed by atoms with E-state index in [1.165, 1.54) is 0 Å². The molecule has 0 radical (unpaired) electrons. The molecule has 1 heterocycles. The van der Waals surface area contributed by atoms with Crippen molar-refractivity contribution in [3.63, 3.8) is 0 Å². The van der Waals surface area contributed by atoms with Crippen LogP contribution >= 0.6 is 0 Å². The first kappa shape index (κ1) is 9.21. The Hall–Kier alpha value is -1.35. The van der Waals surface area contributed by atoms with E-state index in [9.17, 15) is 4.79 Å². The number of benzene rings is 1. The number of rotatable bonds is 2. The Labute approximate surface area is 83.5 Å². The quantitative estimate of drug-likeness (QED) is 0.759. The SMILES string of the molecule is CN1C(=O)[C@@H](CCN)c2ccccc21. The van der Waals surface area contributed by atoms with E-state index in [2.05, 4.69) is 0 Å². The summed E-state index contributed by atoms with van der Waals surface area (Å²) in [6, 6.07) is 7.91. The summed E-state index contributed by atoms with van der Waals surface area (Å²) in [5.74, 6) is 0.137. The average molecular weight is 190 g/mol. The van der Waals surface area contributed by atoms with E-state index in [0.717, 1.165) is 17.7 Å². The van der Waals surface area contributed by atoms with E-state index >= 15 is 0 Å². The maximum Gasteiger partial charge on any atom is 0.234 e. The Balaban J connectivity index is 2.42. The minimum atomic E-state index is -0.0267. The highest BCUT2D eigenvalue weighted by Gasteiger charge is 2.33. The molecule has 0 fully saturated rings. The monoisotopic (exact) mass is 190 g/mol. The molecule has 3 heteroatoms. The fraction of sp³-hybridized carbons (Fsp3) is 0.364. The van der Waals surface area contributed by atoms with E-state index in [0.29, 0.717) is 6.54 Å². The van der Waals surface area contributed by atoms with Crippen LogP contribution in [0.3, 0.4) is 0 Å². The largest absolute Gasteiger partial charge is 0.330 e. The van der Waals surface area contributed by atoms with E-state index in [1.807, 2.05) is 31.3 Å². The molecule has 1 amide bonds. The lowest BCUT2D eigenvalue weighted by Gasteiger charge is -2.09. The topological polar surface area (TPSA) is 46.3 Å². The van der Waals surface area contributed by atoms with E-state index in [-0.39, 0.29) is 11.8 Å². The Kier molecular flexibility index (Phi) is 2.25. The number of anilines is 1. The number of hydrogen-bond acceptors (Lipinski definition) is 2. The summed E-state index contributed by atoms with van der Waals surface area (Å²) < 4.78 is 0. The van der Waals surface area contributed by atoms with Crippen LogP contribution in [0.4, 0.5) is 5.69 Å². The van der Waals surface area contributed by atoms with Crippen LogP contribution in [0.5, 0.6) is 0 Å². The highest BCUT2D eigenvalue weighted by Crippen LogP contribution is 2.37. The molecule has 1 aromatic rings. The predicted octanol–water partition coefficient (Wildman–Crippen LogP) is 1.10. The second-order valence-corrected chi connectivity index (χ2v) is 3.59. The number of likely N-dealkylation sites (N-methyl/N-ethyl adjacent to an activating group) is 1. The van der Waals surface area contributed by atoms with Gasteiger partial charge in [0.2, 0.25) is 5.91 Å². The molecule has 0 saturated heterocycles. The van der Waals surface area contributed by atoms with Gasteiger partial charge in [0.1, 0.15) is 0 Å². The van der Waals surface area contributed by atoms with E-state index in [1.54, 1.807) is 4.90 Å². The summed E-state index contributed by atoms with van der Waals surface area (Å²) in [5.41, 5.74) is 7.64. The summed E-state index contributed by atoms with van der Waals surface area (Å²) in [7, 11) is 1.82. The smallest absolute Gasteiger partial charge is 0.234 e. The van der Waals surface area contributed by atoms with Gasteiger partial charge in [0.25, 0.3) is 0 Å². The molecule has 0 unspecified atom stereocenters. The van der Waals surface area contributed by atoms with Crippen molar-refractivity contribution in [3.8, 4) is 0 Å². The van der Waals surface area contributed by atoms with Crippen LogP contribution in [-0.2, 0) is 4.79 Å². The van der Waals surface area contributed by atoms with Gasteiger partial charge in [0.05, 0.1) is 5.92 Å². The number of carbonyl (C=O) groups excluding carboxylic acids is 1. The van der Waals surface area contributed by atoms with Gasteiger partial charge in [-0.1, -0.05) is 18.2 Å². The molecule has 0 saturated carbocycles. The molecule has 2 N–H and O–H groups in total. The first-order chi connectivity index (χ1) is 6.75. The first-order valence-corrected chi connectivity index (χ1v) is 4.82. The van der Waals surface area contributed by atoms with Gasteiger partial charge in [-0.05, 0) is 24.6 Å². The van der Waals surface area contributed by atoms with Crippen LogP contribution in [0.2, 0.25) is 0 Å². The standard InChI is InChI=1S/C11H14N2O/c1-13-10-5-3-2-4-8(10)9(6-7-12)11(13)14/h2-5,9H,6-7,12H2,1H3/t9-/m0/s1. The lowest BCUT2D eigenvalue weighted by Crippen LogP contribution is -2.25. The van der Waals surface area contributed by atoms with Crippen molar-refractivity contribution in [1.29, 1.82) is 0 Å². The van der Waals surface area contributed by atoms with Gasteiger partial charge < -0.3 is 10.6 Å². The van der Waals surface area contributed by atoms with Crippen LogP contribution in [0.15, 0.2) is 24.3 Å². The molecule has 1 aliphatic heterocycles. The highest BCUT2D eigenvalue weighted by molar-refractivity contribution is 6.04. The minimum absolute atomic E-state index is 0.0267. The van der Waals surface area contributed by atoms with Gasteiger partial charge in [-0.3, -0.25) is 4.79 Å². The fourth-order valence-electron chi connectivity index (χ4n) is 2.02. The summed E-state index contributed by atoms with van der Waals surface area (Å²) in [4.78, 5) is 13.5. The van der Waals surface area contributed by atoms with Gasteiger partial charge in [-0.15, -0.1) is 0 Å². The number of amides is 1. The molecule has 74 valence electrons. The van der Waals surface area contributed by atoms with Crippen LogP contribution in [0, 0.1) is 0 Å². The molecule has 1 atom stereocenters. The zero-order valence-electron chi connectivity index (χ0n) is 8.23. The number of para-hydroxylation sites is 1. The summed E-state index contributed by atoms with van der Waals surface area (Å²) >= 11 is 0. The maximum atomic E-state index is 11.8. The van der Waals surface area contributed by atoms with Gasteiger partial charge in [-0.2, -0.15) is 0 Å². The molecule has 1 aromatic carbocycles. The Morgan fingerprint density at radius 3 is 2.86 bits per heavy atom. The van der Waals surface area contributed by atoms with Crippen molar-refractivity contribution in [1.82, 2.24) is 0 Å². The maximum absolute atomic E-state index is 11.8. The summed E-state index contributed by atoms with van der Waals surface area (Å²) in [6.45, 7) is 0.554. The van der Waals surface area contributed by atoms with E-state index < -0.39 is 0 Å². The fourth-order valence-corrected chi connectivity index (χ4v) is 2.02. The van der Waals surface area contributed by atoms with Crippen LogP contribution in [0.1, 0.15) is 17.9 Å². The second-order valence-electron chi connectivity index (χ2n) is 3.59. The molecule has 14 heavy (non-hydrogen) atoms. The van der Waals surface area contributed by atoms with Crippen molar-refractivity contribution in [2.45, 2.75) is 12.3 Å². The zero-order chi connectivity index (χ0) is 10.1. The number of carbonyl (C=O) groups is 1. The molecule has 1 aliphatic rings. The molecule has 0 bridgehead atoms. The van der Waals surface area contributed by atoms with E-state index in [4.69, 9.17) is 5.73 Å². The minimum Gasteiger partial charge on any atom is -0.330 e. The average Bonchev–Trinajstić information content (AvgIpc) is 2.45. The normalized spacial score (nSPS) is 20.0. The molecular weight excluding hydrogens is 176 g/mol. The predicted molar refractivity (Wildman–Crippen MR) is 56.3 cm³/mol. The first-order valence-electron chi connectivity index (χ1n) is 4.82. The van der Waals surface area contributed by atoms with Crippen LogP contribution < -0.4 is 10.6 Å². The molecule has 0 aromatic heterocycles. The number of nitrogens with two attached hydrogens (primary N) is 1. The van der Waals surface area contributed by atoms with Gasteiger partial charge in [0.15, 0.2) is 0 Å². The third-order valence-electron chi connectivity index (χ3n) is 2.76. The third kappa shape index (κ3) is 1.21. The number of hydrogen-bond donors (Lipinski definition) is 1. The molecule has 0 spiro atoms. The molecule has 2 rings (SSSR count). The van der Waals surface area contributed by atoms with Gasteiger partial charge in [0, 0.05) is 12.7 Å². The zero-order valence-corrected chi connectivity index (χ0v) is 8.23. The van der Waals surface area contributed by atoms with Crippen molar-refractivity contribution in [3.05, 3.63) is 29.8 Å². The second kappa shape index (κ2) is 3.42. The van der Waals surface area contributed by atoms with Crippen molar-refractivity contribution < 1.29 is 4.79 Å². The Morgan fingerprint density at radius 2 is 2.14 bits per heavy atom. The van der Waals surface area contributed by atoms with Crippen molar-refractivity contribution in [2.75, 3.05) is 18.5 Å².